The molecule has 1 aromatic rings. The monoisotopic (exact) mass is 241 g/mol. The fourth-order valence-corrected chi connectivity index (χ4v) is 1.42. The van der Waals surface area contributed by atoms with E-state index in [1.54, 1.807) is 0 Å². The zero-order valence-electron chi connectivity index (χ0n) is 10.1. The first kappa shape index (κ1) is 15.1. The van der Waals surface area contributed by atoms with E-state index in [1.165, 1.54) is 5.56 Å². The van der Waals surface area contributed by atoms with Crippen LogP contribution < -0.4 is 5.32 Å². The van der Waals surface area contributed by atoms with Crippen molar-refractivity contribution in [1.82, 2.24) is 5.32 Å². The normalized spacial score (nSPS) is 11.7. The number of halogens is 1. The van der Waals surface area contributed by atoms with Gasteiger partial charge in [-0.3, -0.25) is 4.79 Å². The molecule has 0 saturated carbocycles. The number of nitrogens with one attached hydrogen (secondary N) is 1. The molecule has 0 aliphatic heterocycles. The molecule has 1 N–H and O–H groups in total. The number of Topliss-reactive ketones (excluding diaryl/α,β-unsaturated/α-hetero) is 1. The van der Waals surface area contributed by atoms with Gasteiger partial charge in [0.15, 0.2) is 5.78 Å². The van der Waals surface area contributed by atoms with Crippen LogP contribution in [0.25, 0.3) is 0 Å². The highest BCUT2D eigenvalue weighted by Crippen LogP contribution is 2.06. The molecule has 0 amide bonds. The van der Waals surface area contributed by atoms with Crippen molar-refractivity contribution in [2.24, 2.45) is 0 Å². The summed E-state index contributed by atoms with van der Waals surface area (Å²) < 4.78 is 0. The molecule has 0 heterocycles. The highest BCUT2D eigenvalue weighted by Gasteiger charge is 2.13. The Labute approximate surface area is 104 Å². The number of carbonyl (C=O) groups excluding carboxylic acids is 1. The second-order valence-corrected chi connectivity index (χ2v) is 3.91. The summed E-state index contributed by atoms with van der Waals surface area (Å²) in [6.07, 6.45) is 1.05. The van der Waals surface area contributed by atoms with E-state index in [0.29, 0.717) is 0 Å². The van der Waals surface area contributed by atoms with Crippen LogP contribution in [0, 0.1) is 6.92 Å². The zero-order chi connectivity index (χ0) is 11.3. The van der Waals surface area contributed by atoms with Crippen molar-refractivity contribution in [3.8, 4) is 0 Å². The summed E-state index contributed by atoms with van der Waals surface area (Å²) in [5.41, 5.74) is 1.97. The first-order valence-corrected chi connectivity index (χ1v) is 5.49. The molecule has 0 fully saturated rings. The second-order valence-electron chi connectivity index (χ2n) is 3.91. The van der Waals surface area contributed by atoms with Crippen molar-refractivity contribution < 1.29 is 4.79 Å². The molecule has 2 nitrogen and oxygen atoms in total. The van der Waals surface area contributed by atoms with Crippen LogP contribution in [-0.2, 0) is 0 Å². The molecule has 1 atom stereocenters. The fraction of sp³-hybridized carbons (Fsp3) is 0.462. The molecule has 90 valence electrons. The molecule has 0 spiro atoms. The SMILES string of the molecule is CCCNC(C)C(=O)c1ccc(C)cc1.Cl. The summed E-state index contributed by atoms with van der Waals surface area (Å²) >= 11 is 0. The van der Waals surface area contributed by atoms with Crippen LogP contribution in [0.15, 0.2) is 24.3 Å². The summed E-state index contributed by atoms with van der Waals surface area (Å²) in [5.74, 6) is 0.170. The van der Waals surface area contributed by atoms with Crippen LogP contribution >= 0.6 is 12.4 Å². The number of benzene rings is 1. The van der Waals surface area contributed by atoms with Gasteiger partial charge in [-0.1, -0.05) is 36.8 Å². The van der Waals surface area contributed by atoms with Crippen LogP contribution in [0.3, 0.4) is 0 Å². The second kappa shape index (κ2) is 7.42. The molecule has 0 radical (unpaired) electrons. The van der Waals surface area contributed by atoms with Gasteiger partial charge in [-0.05, 0) is 26.8 Å². The lowest BCUT2D eigenvalue weighted by Gasteiger charge is -2.11. The van der Waals surface area contributed by atoms with Gasteiger partial charge in [0.1, 0.15) is 0 Å². The Bertz CT molecular complexity index is 321. The maximum atomic E-state index is 11.9. The Kier molecular flexibility index (Phi) is 7.02. The molecule has 3 heteroatoms. The predicted molar refractivity (Wildman–Crippen MR) is 70.5 cm³/mol. The molecule has 16 heavy (non-hydrogen) atoms. The lowest BCUT2D eigenvalue weighted by atomic mass is 10.0. The van der Waals surface area contributed by atoms with Crippen LogP contribution in [0.4, 0.5) is 0 Å². The van der Waals surface area contributed by atoms with Crippen molar-refractivity contribution in [2.75, 3.05) is 6.54 Å². The third kappa shape index (κ3) is 4.33. The van der Waals surface area contributed by atoms with E-state index in [-0.39, 0.29) is 24.2 Å². The number of rotatable bonds is 5. The fourth-order valence-electron chi connectivity index (χ4n) is 1.42. The number of hydrogen-bond acceptors (Lipinski definition) is 2. The van der Waals surface area contributed by atoms with Gasteiger partial charge in [0.05, 0.1) is 6.04 Å². The van der Waals surface area contributed by atoms with Gasteiger partial charge < -0.3 is 5.32 Å². The highest BCUT2D eigenvalue weighted by molar-refractivity contribution is 5.99. The Balaban J connectivity index is 0.00000225. The van der Waals surface area contributed by atoms with E-state index >= 15 is 0 Å². The van der Waals surface area contributed by atoms with Gasteiger partial charge >= 0.3 is 0 Å². The Morgan fingerprint density at radius 1 is 1.31 bits per heavy atom. The number of carbonyl (C=O) groups is 1. The van der Waals surface area contributed by atoms with Gasteiger partial charge in [0.2, 0.25) is 0 Å². The molecular formula is C13H20ClNO. The predicted octanol–water partition coefficient (Wildman–Crippen LogP) is 2.99. The lowest BCUT2D eigenvalue weighted by Crippen LogP contribution is -2.34. The van der Waals surface area contributed by atoms with E-state index in [1.807, 2.05) is 38.1 Å². The largest absolute Gasteiger partial charge is 0.307 e. The molecule has 1 unspecified atom stereocenters. The first-order chi connectivity index (χ1) is 7.15. The average molecular weight is 242 g/mol. The third-order valence-electron chi connectivity index (χ3n) is 2.43. The quantitative estimate of drug-likeness (QED) is 0.803. The minimum Gasteiger partial charge on any atom is -0.307 e. The molecule has 0 aliphatic carbocycles. The molecule has 1 aromatic carbocycles. The van der Waals surface area contributed by atoms with Crippen molar-refractivity contribution in [1.29, 1.82) is 0 Å². The van der Waals surface area contributed by atoms with Crippen LogP contribution in [0.5, 0.6) is 0 Å². The average Bonchev–Trinajstić information content (AvgIpc) is 2.26. The van der Waals surface area contributed by atoms with E-state index in [9.17, 15) is 4.79 Å². The van der Waals surface area contributed by atoms with Gasteiger partial charge in [0, 0.05) is 5.56 Å². The third-order valence-corrected chi connectivity index (χ3v) is 2.43. The standard InChI is InChI=1S/C13H19NO.ClH/c1-4-9-14-11(3)13(15)12-7-5-10(2)6-8-12;/h5-8,11,14H,4,9H2,1-3H3;1H. The number of ketones is 1. The summed E-state index contributed by atoms with van der Waals surface area (Å²) in [7, 11) is 0. The molecule has 0 aromatic heterocycles. The van der Waals surface area contributed by atoms with Crippen LogP contribution in [0.1, 0.15) is 36.2 Å². The zero-order valence-corrected chi connectivity index (χ0v) is 10.9. The van der Waals surface area contributed by atoms with E-state index in [4.69, 9.17) is 0 Å². The number of hydrogen-bond donors (Lipinski definition) is 1. The lowest BCUT2D eigenvalue weighted by molar-refractivity contribution is 0.0951. The summed E-state index contributed by atoms with van der Waals surface area (Å²) in [6, 6.07) is 7.64. The summed E-state index contributed by atoms with van der Waals surface area (Å²) in [5, 5.41) is 3.20. The number of aryl methyl sites for hydroxylation is 1. The topological polar surface area (TPSA) is 29.1 Å². The smallest absolute Gasteiger partial charge is 0.179 e. The molecule has 0 bridgehead atoms. The molecule has 1 rings (SSSR count). The molecule has 0 aliphatic rings. The minimum absolute atomic E-state index is 0. The molecule has 0 saturated heterocycles. The molecular weight excluding hydrogens is 222 g/mol. The minimum atomic E-state index is -0.0901. The van der Waals surface area contributed by atoms with Gasteiger partial charge in [-0.15, -0.1) is 12.4 Å². The summed E-state index contributed by atoms with van der Waals surface area (Å²) in [4.78, 5) is 11.9. The van der Waals surface area contributed by atoms with Crippen molar-refractivity contribution in [2.45, 2.75) is 33.2 Å². The van der Waals surface area contributed by atoms with E-state index in [0.717, 1.165) is 18.5 Å². The van der Waals surface area contributed by atoms with Crippen LogP contribution in [0.2, 0.25) is 0 Å². The maximum absolute atomic E-state index is 11.9. The highest BCUT2D eigenvalue weighted by atomic mass is 35.5. The maximum Gasteiger partial charge on any atom is 0.179 e. The van der Waals surface area contributed by atoms with Crippen molar-refractivity contribution >= 4 is 18.2 Å². The summed E-state index contributed by atoms with van der Waals surface area (Å²) in [6.45, 7) is 6.92. The van der Waals surface area contributed by atoms with Crippen molar-refractivity contribution in [3.05, 3.63) is 35.4 Å². The Morgan fingerprint density at radius 2 is 1.88 bits per heavy atom. The van der Waals surface area contributed by atoms with Crippen LogP contribution in [-0.4, -0.2) is 18.4 Å². The van der Waals surface area contributed by atoms with Crippen molar-refractivity contribution in [3.63, 3.8) is 0 Å². The Morgan fingerprint density at radius 3 is 2.38 bits per heavy atom. The van der Waals surface area contributed by atoms with E-state index in [2.05, 4.69) is 12.2 Å². The van der Waals surface area contributed by atoms with Gasteiger partial charge in [-0.25, -0.2) is 0 Å². The van der Waals surface area contributed by atoms with Gasteiger partial charge in [0.25, 0.3) is 0 Å². The van der Waals surface area contributed by atoms with E-state index < -0.39 is 0 Å². The first-order valence-electron chi connectivity index (χ1n) is 5.49. The Hall–Kier alpha value is -0.860. The van der Waals surface area contributed by atoms with Gasteiger partial charge in [-0.2, -0.15) is 0 Å².